The van der Waals surface area contributed by atoms with Crippen LogP contribution in [0.25, 0.3) is 0 Å². The van der Waals surface area contributed by atoms with Crippen LogP contribution >= 0.6 is 11.5 Å². The maximum absolute atomic E-state index is 4.04. The van der Waals surface area contributed by atoms with Gasteiger partial charge in [-0.15, -0.1) is 5.10 Å². The van der Waals surface area contributed by atoms with E-state index >= 15 is 0 Å². The summed E-state index contributed by atoms with van der Waals surface area (Å²) in [6.45, 7) is 3.17. The van der Waals surface area contributed by atoms with E-state index in [1.807, 2.05) is 5.38 Å². The fraction of sp³-hybridized carbons (Fsp3) is 0.818. The quantitative estimate of drug-likeness (QED) is 0.856. The third kappa shape index (κ3) is 3.24. The van der Waals surface area contributed by atoms with Crippen LogP contribution in [0, 0.1) is 5.92 Å². The zero-order valence-corrected chi connectivity index (χ0v) is 10.1. The average Bonchev–Trinajstić information content (AvgIpc) is 2.80. The Kier molecular flexibility index (Phi) is 4.09. The van der Waals surface area contributed by atoms with Gasteiger partial charge in [-0.05, 0) is 37.2 Å². The van der Waals surface area contributed by atoms with Crippen LogP contribution in [0.1, 0.15) is 44.7 Å². The minimum Gasteiger partial charge on any atom is -0.308 e. The van der Waals surface area contributed by atoms with Gasteiger partial charge in [0, 0.05) is 18.0 Å². The predicted octanol–water partition coefficient (Wildman–Crippen LogP) is 2.60. The van der Waals surface area contributed by atoms with E-state index < -0.39 is 0 Å². The van der Waals surface area contributed by atoms with E-state index in [4.69, 9.17) is 0 Å². The van der Waals surface area contributed by atoms with Crippen LogP contribution in [0.15, 0.2) is 5.38 Å². The minimum absolute atomic E-state index is 0.618. The van der Waals surface area contributed by atoms with Crippen molar-refractivity contribution in [3.63, 3.8) is 0 Å². The second kappa shape index (κ2) is 5.56. The molecule has 3 nitrogen and oxygen atoms in total. The summed E-state index contributed by atoms with van der Waals surface area (Å²) < 4.78 is 3.86. The molecule has 1 atom stereocenters. The third-order valence-corrected chi connectivity index (χ3v) is 3.92. The van der Waals surface area contributed by atoms with Crippen molar-refractivity contribution in [2.75, 3.05) is 0 Å². The van der Waals surface area contributed by atoms with Gasteiger partial charge in [-0.25, -0.2) is 0 Å². The molecule has 0 amide bonds. The maximum atomic E-state index is 4.04. The molecule has 0 aromatic carbocycles. The number of hydrogen-bond acceptors (Lipinski definition) is 4. The molecule has 1 aliphatic carbocycles. The standard InChI is InChI=1S/C11H19N3S/c1-9(10-5-3-2-4-6-10)12-7-11-8-15-14-13-11/h8-10,12H,2-7H2,1H3. The first-order chi connectivity index (χ1) is 7.36. The molecule has 1 heterocycles. The highest BCUT2D eigenvalue weighted by atomic mass is 32.1. The molecule has 0 radical (unpaired) electrons. The number of hydrogen-bond donors (Lipinski definition) is 1. The van der Waals surface area contributed by atoms with E-state index in [-0.39, 0.29) is 0 Å². The summed E-state index contributed by atoms with van der Waals surface area (Å²) in [5.41, 5.74) is 1.07. The van der Waals surface area contributed by atoms with Crippen LogP contribution in [0.2, 0.25) is 0 Å². The summed E-state index contributed by atoms with van der Waals surface area (Å²) in [7, 11) is 0. The molecule has 1 N–H and O–H groups in total. The zero-order valence-electron chi connectivity index (χ0n) is 9.28. The molecule has 1 fully saturated rings. The number of rotatable bonds is 4. The lowest BCUT2D eigenvalue weighted by Gasteiger charge is -2.28. The monoisotopic (exact) mass is 225 g/mol. The fourth-order valence-electron chi connectivity index (χ4n) is 2.33. The van der Waals surface area contributed by atoms with Crippen molar-refractivity contribution in [1.82, 2.24) is 14.9 Å². The van der Waals surface area contributed by atoms with E-state index in [9.17, 15) is 0 Å². The minimum atomic E-state index is 0.618. The summed E-state index contributed by atoms with van der Waals surface area (Å²) in [5, 5.41) is 9.61. The van der Waals surface area contributed by atoms with Crippen molar-refractivity contribution >= 4 is 11.5 Å². The predicted molar refractivity (Wildman–Crippen MR) is 62.8 cm³/mol. The van der Waals surface area contributed by atoms with Crippen LogP contribution in [-0.2, 0) is 6.54 Å². The summed E-state index contributed by atoms with van der Waals surface area (Å²) in [6.07, 6.45) is 7.04. The van der Waals surface area contributed by atoms with Gasteiger partial charge in [0.15, 0.2) is 0 Å². The van der Waals surface area contributed by atoms with Crippen LogP contribution in [0.5, 0.6) is 0 Å². The van der Waals surface area contributed by atoms with Gasteiger partial charge in [-0.2, -0.15) is 0 Å². The molecule has 1 saturated carbocycles. The molecule has 1 aliphatic rings. The SMILES string of the molecule is CC(NCc1csnn1)C1CCCCC1. The van der Waals surface area contributed by atoms with Gasteiger partial charge < -0.3 is 5.32 Å². The second-order valence-electron chi connectivity index (χ2n) is 4.46. The topological polar surface area (TPSA) is 37.8 Å². The molecule has 0 bridgehead atoms. The van der Waals surface area contributed by atoms with Gasteiger partial charge in [-0.1, -0.05) is 23.8 Å². The van der Waals surface area contributed by atoms with Gasteiger partial charge in [0.25, 0.3) is 0 Å². The van der Waals surface area contributed by atoms with Crippen molar-refractivity contribution in [2.45, 2.75) is 51.6 Å². The van der Waals surface area contributed by atoms with Crippen molar-refractivity contribution in [2.24, 2.45) is 5.92 Å². The molecule has 1 aromatic heterocycles. The molecule has 84 valence electrons. The lowest BCUT2D eigenvalue weighted by molar-refractivity contribution is 0.280. The van der Waals surface area contributed by atoms with Gasteiger partial charge in [0.2, 0.25) is 0 Å². The highest BCUT2D eigenvalue weighted by Crippen LogP contribution is 2.26. The summed E-state index contributed by atoms with van der Waals surface area (Å²) >= 11 is 1.43. The largest absolute Gasteiger partial charge is 0.308 e. The van der Waals surface area contributed by atoms with Crippen LogP contribution < -0.4 is 5.32 Å². The highest BCUT2D eigenvalue weighted by molar-refractivity contribution is 7.03. The number of nitrogens with one attached hydrogen (secondary N) is 1. The van der Waals surface area contributed by atoms with Gasteiger partial charge in [0.1, 0.15) is 0 Å². The van der Waals surface area contributed by atoms with Crippen molar-refractivity contribution in [1.29, 1.82) is 0 Å². The molecular formula is C11H19N3S. The Morgan fingerprint density at radius 3 is 2.93 bits per heavy atom. The first-order valence-corrected chi connectivity index (χ1v) is 6.69. The molecule has 0 spiro atoms. The van der Waals surface area contributed by atoms with Crippen LogP contribution in [-0.4, -0.2) is 15.6 Å². The molecule has 2 rings (SSSR count). The third-order valence-electron chi connectivity index (χ3n) is 3.37. The molecule has 0 aliphatic heterocycles. The second-order valence-corrected chi connectivity index (χ2v) is 5.07. The zero-order chi connectivity index (χ0) is 10.5. The average molecular weight is 225 g/mol. The van der Waals surface area contributed by atoms with Gasteiger partial charge in [-0.3, -0.25) is 0 Å². The normalized spacial score (nSPS) is 20.3. The number of nitrogens with zero attached hydrogens (tertiary/aromatic N) is 2. The Balaban J connectivity index is 1.74. The Morgan fingerprint density at radius 1 is 1.47 bits per heavy atom. The molecule has 4 heteroatoms. The first kappa shape index (κ1) is 11.0. The summed E-state index contributed by atoms with van der Waals surface area (Å²) in [4.78, 5) is 0. The Hall–Kier alpha value is -0.480. The van der Waals surface area contributed by atoms with Crippen LogP contribution in [0.3, 0.4) is 0 Å². The van der Waals surface area contributed by atoms with Gasteiger partial charge in [0.05, 0.1) is 5.69 Å². The van der Waals surface area contributed by atoms with Crippen molar-refractivity contribution in [3.05, 3.63) is 11.1 Å². The molecule has 0 saturated heterocycles. The molecule has 15 heavy (non-hydrogen) atoms. The Morgan fingerprint density at radius 2 is 2.27 bits per heavy atom. The molecule has 1 unspecified atom stereocenters. The lowest BCUT2D eigenvalue weighted by Crippen LogP contribution is -2.34. The number of aromatic nitrogens is 2. The van der Waals surface area contributed by atoms with Crippen LogP contribution in [0.4, 0.5) is 0 Å². The van der Waals surface area contributed by atoms with E-state index in [1.54, 1.807) is 0 Å². The van der Waals surface area contributed by atoms with E-state index in [0.29, 0.717) is 6.04 Å². The van der Waals surface area contributed by atoms with E-state index in [1.165, 1.54) is 43.6 Å². The van der Waals surface area contributed by atoms with E-state index in [0.717, 1.165) is 18.2 Å². The summed E-state index contributed by atoms with van der Waals surface area (Å²) in [6, 6.07) is 0.618. The smallest absolute Gasteiger partial charge is 0.0893 e. The summed E-state index contributed by atoms with van der Waals surface area (Å²) in [5.74, 6) is 0.866. The highest BCUT2D eigenvalue weighted by Gasteiger charge is 2.19. The Bertz CT molecular complexity index is 267. The lowest BCUT2D eigenvalue weighted by atomic mass is 9.84. The van der Waals surface area contributed by atoms with E-state index in [2.05, 4.69) is 21.8 Å². The van der Waals surface area contributed by atoms with Crippen molar-refractivity contribution in [3.8, 4) is 0 Å². The molecular weight excluding hydrogens is 206 g/mol. The van der Waals surface area contributed by atoms with Crippen molar-refractivity contribution < 1.29 is 0 Å². The Labute approximate surface area is 95.4 Å². The molecule has 1 aromatic rings. The fourth-order valence-corrected chi connectivity index (χ4v) is 2.78. The van der Waals surface area contributed by atoms with Gasteiger partial charge >= 0.3 is 0 Å². The first-order valence-electron chi connectivity index (χ1n) is 5.85. The maximum Gasteiger partial charge on any atom is 0.0893 e.